The quantitative estimate of drug-likeness (QED) is 0.641. The number of hydrogen-bond acceptors (Lipinski definition) is 5. The summed E-state index contributed by atoms with van der Waals surface area (Å²) in [7, 11) is -2.54. The van der Waals surface area contributed by atoms with Crippen LogP contribution in [0.25, 0.3) is 0 Å². The van der Waals surface area contributed by atoms with Crippen LogP contribution in [0, 0.1) is 11.8 Å². The second-order valence-corrected chi connectivity index (χ2v) is 10.1. The minimum Gasteiger partial charge on any atom is -0.495 e. The molecule has 2 aliphatic rings. The fraction of sp³-hybridized carbons (Fsp3) is 0.417. The number of ether oxygens (including phenoxy) is 1. The Morgan fingerprint density at radius 1 is 1.00 bits per heavy atom. The van der Waals surface area contributed by atoms with Gasteiger partial charge in [0.25, 0.3) is 10.0 Å². The second kappa shape index (κ2) is 8.94. The van der Waals surface area contributed by atoms with E-state index < -0.39 is 10.0 Å². The maximum Gasteiger partial charge on any atom is 0.265 e. The van der Waals surface area contributed by atoms with Crippen molar-refractivity contribution in [2.24, 2.45) is 11.8 Å². The molecule has 1 N–H and O–H groups in total. The predicted molar refractivity (Wildman–Crippen MR) is 121 cm³/mol. The zero-order valence-electron chi connectivity index (χ0n) is 18.3. The molecule has 2 fully saturated rings. The van der Waals surface area contributed by atoms with E-state index in [0.29, 0.717) is 11.3 Å². The van der Waals surface area contributed by atoms with Crippen LogP contribution >= 0.6 is 0 Å². The Balaban J connectivity index is 1.61. The summed E-state index contributed by atoms with van der Waals surface area (Å²) >= 11 is 0. The van der Waals surface area contributed by atoms with Crippen molar-refractivity contribution in [1.29, 1.82) is 0 Å². The van der Waals surface area contributed by atoms with Crippen molar-refractivity contribution >= 4 is 27.5 Å². The summed E-state index contributed by atoms with van der Waals surface area (Å²) in [5, 5.41) is 0. The summed E-state index contributed by atoms with van der Waals surface area (Å²) in [6.45, 7) is 2.06. The minimum absolute atomic E-state index is 0.0316. The van der Waals surface area contributed by atoms with E-state index in [4.69, 9.17) is 4.74 Å². The van der Waals surface area contributed by atoms with Gasteiger partial charge in [-0.2, -0.15) is 0 Å². The monoisotopic (exact) mass is 456 g/mol. The number of likely N-dealkylation sites (tertiary alicyclic amines) is 1. The number of aryl methyl sites for hydroxylation is 1. The number of methoxy groups -OCH3 is 1. The standard InChI is InChI=1S/C24H28N2O5S/c1-3-16-7-6-8-18(13-16)25-32(29,30)22-14-17(11-12-21(22)31-2)15-26-23(27)19-9-4-5-10-20(19)24(26)28/h6-8,11-14,19-20,25H,3-5,9-10,15H2,1-2H3/t19-,20-/m1/s1. The van der Waals surface area contributed by atoms with Crippen LogP contribution in [0.15, 0.2) is 47.4 Å². The summed E-state index contributed by atoms with van der Waals surface area (Å²) in [6.07, 6.45) is 4.20. The number of imide groups is 1. The van der Waals surface area contributed by atoms with Crippen molar-refractivity contribution in [2.45, 2.75) is 50.5 Å². The number of sulfonamides is 1. The first-order valence-electron chi connectivity index (χ1n) is 11.0. The van der Waals surface area contributed by atoms with Crippen LogP contribution in [0.4, 0.5) is 5.69 Å². The highest BCUT2D eigenvalue weighted by atomic mass is 32.2. The van der Waals surface area contributed by atoms with Crippen LogP contribution in [0.1, 0.15) is 43.7 Å². The molecule has 1 saturated carbocycles. The highest BCUT2D eigenvalue weighted by molar-refractivity contribution is 7.92. The average Bonchev–Trinajstić information content (AvgIpc) is 3.04. The summed E-state index contributed by atoms with van der Waals surface area (Å²) in [5.41, 5.74) is 2.04. The molecule has 1 aliphatic heterocycles. The molecule has 2 aromatic rings. The molecule has 7 nitrogen and oxygen atoms in total. The van der Waals surface area contributed by atoms with E-state index in [9.17, 15) is 18.0 Å². The molecule has 0 bridgehead atoms. The van der Waals surface area contributed by atoms with E-state index in [1.54, 1.807) is 30.3 Å². The third-order valence-corrected chi connectivity index (χ3v) is 7.78. The molecule has 2 atom stereocenters. The lowest BCUT2D eigenvalue weighted by Crippen LogP contribution is -2.30. The molecule has 2 aromatic carbocycles. The number of anilines is 1. The molecule has 0 spiro atoms. The van der Waals surface area contributed by atoms with Crippen molar-refractivity contribution in [3.05, 3.63) is 53.6 Å². The number of carbonyl (C=O) groups excluding carboxylic acids is 2. The molecule has 0 unspecified atom stereocenters. The molecule has 0 aromatic heterocycles. The Hall–Kier alpha value is -2.87. The predicted octanol–water partition coefficient (Wildman–Crippen LogP) is 3.73. The third-order valence-electron chi connectivity index (χ3n) is 6.38. The second-order valence-electron chi connectivity index (χ2n) is 8.40. The molecule has 4 rings (SSSR count). The summed E-state index contributed by atoms with van der Waals surface area (Å²) in [5.74, 6) is -0.556. The number of nitrogens with one attached hydrogen (secondary N) is 1. The molecular weight excluding hydrogens is 428 g/mol. The van der Waals surface area contributed by atoms with Crippen LogP contribution in [0.2, 0.25) is 0 Å². The van der Waals surface area contributed by atoms with Crippen molar-refractivity contribution in [3.8, 4) is 5.75 Å². The summed E-state index contributed by atoms with van der Waals surface area (Å²) < 4.78 is 34.2. The van der Waals surface area contributed by atoms with Gasteiger partial charge in [0.05, 0.1) is 25.5 Å². The maximum atomic E-state index is 13.2. The first kappa shape index (κ1) is 22.3. The van der Waals surface area contributed by atoms with Gasteiger partial charge in [0.1, 0.15) is 10.6 Å². The minimum atomic E-state index is -3.95. The van der Waals surface area contributed by atoms with Crippen LogP contribution in [-0.2, 0) is 32.6 Å². The molecule has 0 radical (unpaired) electrons. The number of carbonyl (C=O) groups is 2. The fourth-order valence-corrected chi connectivity index (χ4v) is 5.93. The van der Waals surface area contributed by atoms with Crippen LogP contribution < -0.4 is 9.46 Å². The molecular formula is C24H28N2O5S. The highest BCUT2D eigenvalue weighted by Gasteiger charge is 2.47. The molecule has 8 heteroatoms. The van der Waals surface area contributed by atoms with Gasteiger partial charge in [-0.3, -0.25) is 19.2 Å². The zero-order valence-corrected chi connectivity index (χ0v) is 19.2. The number of nitrogens with zero attached hydrogens (tertiary/aromatic N) is 1. The van der Waals surface area contributed by atoms with Gasteiger partial charge >= 0.3 is 0 Å². The highest BCUT2D eigenvalue weighted by Crippen LogP contribution is 2.39. The van der Waals surface area contributed by atoms with Gasteiger partial charge in [-0.05, 0) is 54.7 Å². The van der Waals surface area contributed by atoms with Crippen LogP contribution in [0.5, 0.6) is 5.75 Å². The van der Waals surface area contributed by atoms with E-state index in [2.05, 4.69) is 4.72 Å². The lowest BCUT2D eigenvalue weighted by Gasteiger charge is -2.19. The van der Waals surface area contributed by atoms with E-state index in [0.717, 1.165) is 37.7 Å². The zero-order chi connectivity index (χ0) is 22.9. The molecule has 1 aliphatic carbocycles. The van der Waals surface area contributed by atoms with Gasteiger partial charge < -0.3 is 4.74 Å². The van der Waals surface area contributed by atoms with Gasteiger partial charge in [-0.15, -0.1) is 0 Å². The van der Waals surface area contributed by atoms with Gasteiger partial charge in [0.15, 0.2) is 0 Å². The first-order chi connectivity index (χ1) is 15.3. The van der Waals surface area contributed by atoms with Gasteiger partial charge in [-0.25, -0.2) is 8.42 Å². The normalized spacial score (nSPS) is 20.9. The topological polar surface area (TPSA) is 92.8 Å². The van der Waals surface area contributed by atoms with Crippen LogP contribution in [0.3, 0.4) is 0 Å². The van der Waals surface area contributed by atoms with Gasteiger partial charge in [0, 0.05) is 5.69 Å². The number of fused-ring (bicyclic) bond motifs is 1. The third kappa shape index (κ3) is 4.24. The van der Waals surface area contributed by atoms with Crippen molar-refractivity contribution in [2.75, 3.05) is 11.8 Å². The largest absolute Gasteiger partial charge is 0.495 e. The van der Waals surface area contributed by atoms with E-state index in [-0.39, 0.29) is 40.8 Å². The molecule has 1 heterocycles. The Labute approximate surface area is 188 Å². The lowest BCUT2D eigenvalue weighted by molar-refractivity contribution is -0.140. The van der Waals surface area contributed by atoms with Crippen molar-refractivity contribution in [1.82, 2.24) is 4.90 Å². The van der Waals surface area contributed by atoms with Crippen molar-refractivity contribution in [3.63, 3.8) is 0 Å². The fourth-order valence-electron chi connectivity index (χ4n) is 4.66. The van der Waals surface area contributed by atoms with Gasteiger partial charge in [-0.1, -0.05) is 38.0 Å². The van der Waals surface area contributed by atoms with E-state index >= 15 is 0 Å². The Bertz CT molecular complexity index is 1120. The summed E-state index contributed by atoms with van der Waals surface area (Å²) in [6, 6.07) is 11.9. The molecule has 170 valence electrons. The molecule has 1 saturated heterocycles. The van der Waals surface area contributed by atoms with Crippen LogP contribution in [-0.4, -0.2) is 32.2 Å². The van der Waals surface area contributed by atoms with E-state index in [1.165, 1.54) is 18.1 Å². The number of rotatable bonds is 7. The SMILES string of the molecule is CCc1cccc(NS(=O)(=O)c2cc(CN3C(=O)[C@@H]4CCCC[C@H]4C3=O)ccc2OC)c1. The Morgan fingerprint density at radius 3 is 2.31 bits per heavy atom. The number of benzene rings is 2. The Kier molecular flexibility index (Phi) is 6.24. The molecule has 32 heavy (non-hydrogen) atoms. The first-order valence-corrected chi connectivity index (χ1v) is 12.5. The lowest BCUT2D eigenvalue weighted by atomic mass is 9.81. The smallest absolute Gasteiger partial charge is 0.265 e. The number of hydrogen-bond donors (Lipinski definition) is 1. The van der Waals surface area contributed by atoms with Gasteiger partial charge in [0.2, 0.25) is 11.8 Å². The number of amides is 2. The average molecular weight is 457 g/mol. The van der Waals surface area contributed by atoms with Crippen molar-refractivity contribution < 1.29 is 22.7 Å². The Morgan fingerprint density at radius 2 is 1.69 bits per heavy atom. The summed E-state index contributed by atoms with van der Waals surface area (Å²) in [4.78, 5) is 26.9. The molecule has 2 amide bonds. The van der Waals surface area contributed by atoms with E-state index in [1.807, 2.05) is 13.0 Å². The maximum absolute atomic E-state index is 13.2.